The smallest absolute Gasteiger partial charge is 0.294 e. The van der Waals surface area contributed by atoms with Crippen molar-refractivity contribution in [1.82, 2.24) is 0 Å². The molecule has 0 amide bonds. The Hall–Kier alpha value is -1.99. The Balaban J connectivity index is 0.00000163. The van der Waals surface area contributed by atoms with Gasteiger partial charge in [0.2, 0.25) is 0 Å². The fourth-order valence-electron chi connectivity index (χ4n) is 2.22. The number of benzene rings is 2. The molecule has 136 valence electrons. The standard InChI is InChI=1S/C16H8F2INO3S.C2H6/c1-9(21)13-8-14(18)12(5-6-24-19)16(20(22)23)15(13)10-3-2-4-11(17)7-10;1-2/h2-4,7-8H,1H3;1-2H3. The van der Waals surface area contributed by atoms with E-state index in [1.807, 2.05) is 35.1 Å². The van der Waals surface area contributed by atoms with Gasteiger partial charge in [0.05, 0.1) is 10.5 Å². The number of Topliss-reactive ketones (excluding diaryl/α,β-unsaturated/α-hetero) is 1. The highest BCUT2D eigenvalue weighted by Gasteiger charge is 2.29. The third-order valence-electron chi connectivity index (χ3n) is 3.14. The van der Waals surface area contributed by atoms with E-state index in [2.05, 4.69) is 11.2 Å². The summed E-state index contributed by atoms with van der Waals surface area (Å²) in [6, 6.07) is 5.89. The van der Waals surface area contributed by atoms with Gasteiger partial charge in [-0.2, -0.15) is 0 Å². The molecular weight excluding hydrogens is 475 g/mol. The molecule has 0 aliphatic carbocycles. The first-order valence-corrected chi connectivity index (χ1v) is 10.8. The molecule has 0 spiro atoms. The molecule has 0 aliphatic heterocycles. The van der Waals surface area contributed by atoms with Gasteiger partial charge in [-0.05, 0) is 50.8 Å². The van der Waals surface area contributed by atoms with E-state index in [-0.39, 0.29) is 16.7 Å². The summed E-state index contributed by atoms with van der Waals surface area (Å²) >= 11 is 1.84. The highest BCUT2D eigenvalue weighted by molar-refractivity contribution is 14.2. The summed E-state index contributed by atoms with van der Waals surface area (Å²) in [5, 5.41) is 14.0. The maximum Gasteiger partial charge on any atom is 0.296 e. The maximum absolute atomic E-state index is 14.3. The van der Waals surface area contributed by atoms with E-state index in [0.29, 0.717) is 0 Å². The molecule has 0 bridgehead atoms. The quantitative estimate of drug-likeness (QED) is 0.170. The monoisotopic (exact) mass is 489 g/mol. The Labute approximate surface area is 166 Å². The van der Waals surface area contributed by atoms with Crippen molar-refractivity contribution in [3.05, 3.63) is 63.2 Å². The summed E-state index contributed by atoms with van der Waals surface area (Å²) in [6.45, 7) is 5.16. The molecule has 2 rings (SSSR count). The average Bonchev–Trinajstić information content (AvgIpc) is 2.61. The number of halogens is 3. The lowest BCUT2D eigenvalue weighted by molar-refractivity contribution is -0.384. The lowest BCUT2D eigenvalue weighted by Crippen LogP contribution is -2.06. The normalized spacial score (nSPS) is 9.46. The number of nitro groups is 1. The predicted octanol–water partition coefficient (Wildman–Crippen LogP) is 6.16. The Bertz CT molecular complexity index is 907. The molecule has 0 aliphatic rings. The Morgan fingerprint density at radius 3 is 2.42 bits per heavy atom. The number of hydrogen-bond acceptors (Lipinski definition) is 4. The maximum atomic E-state index is 14.3. The van der Waals surface area contributed by atoms with Crippen LogP contribution in [0.4, 0.5) is 14.5 Å². The number of carbonyl (C=O) groups excluding carboxylic acids is 1. The van der Waals surface area contributed by atoms with Crippen molar-refractivity contribution in [1.29, 1.82) is 0 Å². The number of hydrogen-bond donors (Lipinski definition) is 0. The van der Waals surface area contributed by atoms with Gasteiger partial charge in [-0.15, -0.1) is 0 Å². The topological polar surface area (TPSA) is 60.2 Å². The summed E-state index contributed by atoms with van der Waals surface area (Å²) in [7, 11) is 1.03. The van der Waals surface area contributed by atoms with E-state index in [1.54, 1.807) is 0 Å². The van der Waals surface area contributed by atoms with Crippen LogP contribution >= 0.6 is 30.1 Å². The second-order valence-electron chi connectivity index (χ2n) is 4.63. The first kappa shape index (κ1) is 22.1. The summed E-state index contributed by atoms with van der Waals surface area (Å²) in [5.41, 5.74) is -1.32. The zero-order valence-electron chi connectivity index (χ0n) is 14.1. The van der Waals surface area contributed by atoms with Gasteiger partial charge in [-0.25, -0.2) is 8.78 Å². The van der Waals surface area contributed by atoms with E-state index >= 15 is 0 Å². The van der Waals surface area contributed by atoms with Crippen molar-refractivity contribution in [2.24, 2.45) is 0 Å². The highest BCUT2D eigenvalue weighted by atomic mass is 127. The molecule has 0 atom stereocenters. The van der Waals surface area contributed by atoms with Crippen LogP contribution in [-0.4, -0.2) is 10.7 Å². The molecular formula is C18H14F2INO3S. The molecule has 4 nitrogen and oxygen atoms in total. The summed E-state index contributed by atoms with van der Waals surface area (Å²) in [6.07, 6.45) is 0. The lowest BCUT2D eigenvalue weighted by atomic mass is 9.92. The van der Waals surface area contributed by atoms with E-state index in [0.717, 1.165) is 28.0 Å². The molecule has 0 fully saturated rings. The average molecular weight is 489 g/mol. The fraction of sp³-hybridized carbons (Fsp3) is 0.167. The van der Waals surface area contributed by atoms with Crippen molar-refractivity contribution < 1.29 is 18.5 Å². The largest absolute Gasteiger partial charge is 0.296 e. The molecule has 0 saturated heterocycles. The second-order valence-corrected chi connectivity index (χ2v) is 6.31. The third kappa shape index (κ3) is 5.02. The summed E-state index contributed by atoms with van der Waals surface area (Å²) < 4.78 is 27.8. The van der Waals surface area contributed by atoms with Crippen LogP contribution < -0.4 is 0 Å². The molecule has 2 aromatic carbocycles. The van der Waals surface area contributed by atoms with Crippen LogP contribution in [0.3, 0.4) is 0 Å². The minimum Gasteiger partial charge on any atom is -0.294 e. The Morgan fingerprint density at radius 1 is 1.27 bits per heavy atom. The fourth-order valence-corrected chi connectivity index (χ4v) is 2.69. The third-order valence-corrected chi connectivity index (χ3v) is 3.98. The summed E-state index contributed by atoms with van der Waals surface area (Å²) in [4.78, 5) is 22.6. The molecule has 26 heavy (non-hydrogen) atoms. The SMILES string of the molecule is CC.CC(=O)c1cc(F)c(C#CSI)c([N+](=O)[O-])c1-c1cccc(F)c1. The predicted molar refractivity (Wildman–Crippen MR) is 108 cm³/mol. The van der Waals surface area contributed by atoms with E-state index in [1.165, 1.54) is 18.2 Å². The van der Waals surface area contributed by atoms with E-state index in [9.17, 15) is 23.7 Å². The van der Waals surface area contributed by atoms with Crippen LogP contribution in [0.5, 0.6) is 0 Å². The van der Waals surface area contributed by atoms with E-state index in [4.69, 9.17) is 0 Å². The van der Waals surface area contributed by atoms with Crippen molar-refractivity contribution in [3.8, 4) is 22.3 Å². The molecule has 0 radical (unpaired) electrons. The molecule has 8 heteroatoms. The van der Waals surface area contributed by atoms with E-state index < -0.39 is 33.6 Å². The van der Waals surface area contributed by atoms with Crippen LogP contribution in [0.1, 0.15) is 36.7 Å². The van der Waals surface area contributed by atoms with Crippen molar-refractivity contribution in [2.45, 2.75) is 20.8 Å². The molecule has 2 aromatic rings. The first-order valence-electron chi connectivity index (χ1n) is 7.43. The van der Waals surface area contributed by atoms with Crippen LogP contribution in [0, 0.1) is 32.9 Å². The molecule has 0 aromatic heterocycles. The zero-order valence-corrected chi connectivity index (χ0v) is 17.1. The number of ketones is 1. The highest BCUT2D eigenvalue weighted by Crippen LogP contribution is 2.38. The number of rotatable bonds is 3. The van der Waals surface area contributed by atoms with Gasteiger partial charge in [-0.3, -0.25) is 14.9 Å². The molecule has 0 N–H and O–H groups in total. The molecule has 0 saturated carbocycles. The molecule has 0 heterocycles. The number of carbonyl (C=O) groups is 1. The Morgan fingerprint density at radius 2 is 1.92 bits per heavy atom. The van der Waals surface area contributed by atoms with Gasteiger partial charge in [-0.1, -0.05) is 26.0 Å². The van der Waals surface area contributed by atoms with Crippen LogP contribution in [0.25, 0.3) is 11.1 Å². The van der Waals surface area contributed by atoms with Gasteiger partial charge < -0.3 is 0 Å². The van der Waals surface area contributed by atoms with Crippen LogP contribution in [0.2, 0.25) is 0 Å². The second kappa shape index (κ2) is 10.2. The van der Waals surface area contributed by atoms with Gasteiger partial charge in [0.15, 0.2) is 5.78 Å². The number of nitrogens with zero attached hydrogens (tertiary/aromatic N) is 1. The van der Waals surface area contributed by atoms with Crippen molar-refractivity contribution in [3.63, 3.8) is 0 Å². The van der Waals surface area contributed by atoms with Gasteiger partial charge in [0, 0.05) is 26.8 Å². The van der Waals surface area contributed by atoms with Crippen LogP contribution in [0.15, 0.2) is 30.3 Å². The summed E-state index contributed by atoms with van der Waals surface area (Å²) in [5.74, 6) is 0.221. The first-order chi connectivity index (χ1) is 12.4. The zero-order chi connectivity index (χ0) is 19.9. The minimum atomic E-state index is -0.968. The van der Waals surface area contributed by atoms with Crippen molar-refractivity contribution in [2.75, 3.05) is 0 Å². The van der Waals surface area contributed by atoms with Gasteiger partial charge in [0.25, 0.3) is 5.69 Å². The van der Waals surface area contributed by atoms with Crippen LogP contribution in [-0.2, 0) is 0 Å². The van der Waals surface area contributed by atoms with Gasteiger partial charge in [0.1, 0.15) is 17.2 Å². The molecule has 0 unspecified atom stereocenters. The number of nitro benzene ring substituents is 1. The minimum absolute atomic E-state index is 0.108. The van der Waals surface area contributed by atoms with Crippen molar-refractivity contribution >= 4 is 41.6 Å². The Kier molecular flexibility index (Phi) is 8.68. The van der Waals surface area contributed by atoms with Gasteiger partial charge >= 0.3 is 0 Å². The lowest BCUT2D eigenvalue weighted by Gasteiger charge is -2.11.